The lowest BCUT2D eigenvalue weighted by Gasteiger charge is -2.27. The summed E-state index contributed by atoms with van der Waals surface area (Å²) in [5.41, 5.74) is 3.48. The van der Waals surface area contributed by atoms with Gasteiger partial charge in [0.2, 0.25) is 5.88 Å². The van der Waals surface area contributed by atoms with Gasteiger partial charge in [-0.1, -0.05) is 6.07 Å². The number of carboxylic acids is 1. The molecule has 0 amide bonds. The fraction of sp³-hybridized carbons (Fsp3) is 0.242. The summed E-state index contributed by atoms with van der Waals surface area (Å²) in [4.78, 5) is 31.6. The summed E-state index contributed by atoms with van der Waals surface area (Å²) in [6.45, 7) is 1.29. The lowest BCUT2D eigenvalue weighted by Crippen LogP contribution is -2.31. The van der Waals surface area contributed by atoms with Gasteiger partial charge in [-0.15, -0.1) is 22.7 Å². The van der Waals surface area contributed by atoms with E-state index in [1.165, 1.54) is 10.9 Å². The molecular formula is C33H27F2N5O4S2. The third-order valence-electron chi connectivity index (χ3n) is 7.78. The number of hydrogen-bond donors (Lipinski definition) is 1. The summed E-state index contributed by atoms with van der Waals surface area (Å²) >= 11 is 3.19. The van der Waals surface area contributed by atoms with E-state index < -0.39 is 17.6 Å². The Hall–Kier alpha value is -4.59. The minimum absolute atomic E-state index is 0.00341. The third-order valence-corrected chi connectivity index (χ3v) is 9.65. The highest BCUT2D eigenvalue weighted by Gasteiger charge is 2.24. The number of imidazole rings is 1. The van der Waals surface area contributed by atoms with E-state index in [4.69, 9.17) is 9.47 Å². The number of hydrogen-bond acceptors (Lipinski definition) is 9. The average molecular weight is 660 g/mol. The maximum absolute atomic E-state index is 15.5. The average Bonchev–Trinajstić information content (AvgIpc) is 3.79. The molecule has 13 heteroatoms. The first-order valence-electron chi connectivity index (χ1n) is 14.6. The first-order chi connectivity index (χ1) is 22.4. The number of thiazole rings is 2. The number of benzene rings is 2. The number of ether oxygens (including phenoxy) is 2. The molecule has 1 fully saturated rings. The normalized spacial score (nSPS) is 14.4. The fourth-order valence-electron chi connectivity index (χ4n) is 5.29. The highest BCUT2D eigenvalue weighted by Crippen LogP contribution is 2.29. The van der Waals surface area contributed by atoms with Crippen LogP contribution in [0.25, 0.3) is 22.3 Å². The number of aromatic nitrogens is 5. The van der Waals surface area contributed by atoms with E-state index in [0.717, 1.165) is 41.3 Å². The van der Waals surface area contributed by atoms with Crippen LogP contribution >= 0.6 is 22.7 Å². The van der Waals surface area contributed by atoms with Crippen LogP contribution in [-0.2, 0) is 37.2 Å². The number of halogens is 2. The Morgan fingerprint density at radius 2 is 1.93 bits per heavy atom. The standard InChI is InChI=1S/C33H27F2N5O4S2/c34-25-13-24(27-2-1-3-31(39-27)44-17-32-37-15-23(46-32)6-5-22-14-36-18-45-22)26(35)10-20(25)12-30-38-28-7-4-19(33(41)42)11-29(28)40(30)16-21-8-9-43-21/h1-4,7,10-11,13-15,18,21H,5-6,8-9,12,16-17H2,(H,41,42)/t21-/m0/s1. The van der Waals surface area contributed by atoms with Gasteiger partial charge in [-0.3, -0.25) is 4.98 Å². The third kappa shape index (κ3) is 6.52. The van der Waals surface area contributed by atoms with Crippen LogP contribution in [0.3, 0.4) is 0 Å². The second kappa shape index (κ2) is 13.0. The lowest BCUT2D eigenvalue weighted by molar-refractivity contribution is -0.0589. The molecule has 1 N–H and O–H groups in total. The van der Waals surface area contributed by atoms with Crippen LogP contribution < -0.4 is 4.74 Å². The molecule has 9 nitrogen and oxygen atoms in total. The Morgan fingerprint density at radius 1 is 1.07 bits per heavy atom. The second-order valence-corrected chi connectivity index (χ2v) is 13.0. The van der Waals surface area contributed by atoms with E-state index in [9.17, 15) is 9.90 Å². The van der Waals surface area contributed by atoms with Gasteiger partial charge >= 0.3 is 5.97 Å². The van der Waals surface area contributed by atoms with E-state index in [-0.39, 0.29) is 47.4 Å². The van der Waals surface area contributed by atoms with Crippen LogP contribution in [0.15, 0.2) is 66.4 Å². The van der Waals surface area contributed by atoms with Crippen molar-refractivity contribution in [1.29, 1.82) is 0 Å². The summed E-state index contributed by atoms with van der Waals surface area (Å²) < 4.78 is 44.4. The van der Waals surface area contributed by atoms with E-state index in [1.807, 2.05) is 22.5 Å². The molecule has 46 heavy (non-hydrogen) atoms. The van der Waals surface area contributed by atoms with Crippen molar-refractivity contribution in [2.75, 3.05) is 6.61 Å². The van der Waals surface area contributed by atoms with Crippen LogP contribution in [0.4, 0.5) is 8.78 Å². The summed E-state index contributed by atoms with van der Waals surface area (Å²) in [5.74, 6) is -1.54. The Morgan fingerprint density at radius 3 is 2.72 bits per heavy atom. The van der Waals surface area contributed by atoms with E-state index >= 15 is 8.78 Å². The van der Waals surface area contributed by atoms with Gasteiger partial charge in [0.15, 0.2) is 0 Å². The van der Waals surface area contributed by atoms with Crippen molar-refractivity contribution in [3.05, 3.63) is 110 Å². The van der Waals surface area contributed by atoms with Gasteiger partial charge < -0.3 is 19.1 Å². The molecule has 1 aliphatic rings. The number of fused-ring (bicyclic) bond motifs is 1. The topological polar surface area (TPSA) is 112 Å². The number of aryl methyl sites for hydroxylation is 2. The summed E-state index contributed by atoms with van der Waals surface area (Å²) in [6, 6.07) is 11.9. The molecule has 1 atom stereocenters. The summed E-state index contributed by atoms with van der Waals surface area (Å²) in [6.07, 6.45) is 6.29. The van der Waals surface area contributed by atoms with Crippen molar-refractivity contribution < 1.29 is 28.2 Å². The molecule has 0 spiro atoms. The van der Waals surface area contributed by atoms with Crippen LogP contribution in [0.5, 0.6) is 5.88 Å². The molecule has 7 rings (SSSR count). The van der Waals surface area contributed by atoms with Crippen molar-refractivity contribution in [1.82, 2.24) is 24.5 Å². The molecule has 0 aliphatic carbocycles. The molecule has 5 heterocycles. The summed E-state index contributed by atoms with van der Waals surface area (Å²) in [7, 11) is 0. The molecule has 0 unspecified atom stereocenters. The van der Waals surface area contributed by atoms with Gasteiger partial charge in [0.25, 0.3) is 0 Å². The first kappa shape index (κ1) is 30.1. The van der Waals surface area contributed by atoms with Crippen molar-refractivity contribution in [3.63, 3.8) is 0 Å². The molecule has 1 aliphatic heterocycles. The van der Waals surface area contributed by atoms with Gasteiger partial charge in [0.1, 0.15) is 29.1 Å². The van der Waals surface area contributed by atoms with Crippen molar-refractivity contribution in [2.45, 2.75) is 44.9 Å². The van der Waals surface area contributed by atoms with E-state index in [1.54, 1.807) is 53.0 Å². The predicted molar refractivity (Wildman–Crippen MR) is 169 cm³/mol. The SMILES string of the molecule is O=C(O)c1ccc2nc(Cc3cc(F)c(-c4cccc(OCc5ncc(CCc6cncs6)s5)n4)cc3F)n(C[C@@H]3CCO3)c2c1. The maximum Gasteiger partial charge on any atom is 0.335 e. The number of carboxylic acid groups (broad SMARTS) is 1. The molecule has 4 aromatic heterocycles. The monoisotopic (exact) mass is 659 g/mol. The second-order valence-electron chi connectivity index (χ2n) is 10.9. The van der Waals surface area contributed by atoms with Crippen LogP contribution in [0.2, 0.25) is 0 Å². The highest BCUT2D eigenvalue weighted by molar-refractivity contribution is 7.11. The summed E-state index contributed by atoms with van der Waals surface area (Å²) in [5, 5.41) is 10.3. The van der Waals surface area contributed by atoms with Crippen LogP contribution in [0.1, 0.15) is 42.9 Å². The Balaban J connectivity index is 1.07. The van der Waals surface area contributed by atoms with Gasteiger partial charge in [0.05, 0.1) is 40.5 Å². The molecule has 6 aromatic rings. The zero-order valence-electron chi connectivity index (χ0n) is 24.4. The predicted octanol–water partition coefficient (Wildman–Crippen LogP) is 6.73. The van der Waals surface area contributed by atoms with E-state index in [0.29, 0.717) is 30.0 Å². The van der Waals surface area contributed by atoms with Crippen molar-refractivity contribution >= 4 is 39.7 Å². The van der Waals surface area contributed by atoms with Crippen molar-refractivity contribution in [2.24, 2.45) is 0 Å². The smallest absolute Gasteiger partial charge is 0.335 e. The van der Waals surface area contributed by atoms with Gasteiger partial charge in [0, 0.05) is 46.8 Å². The number of aromatic carboxylic acids is 1. The molecule has 1 saturated heterocycles. The maximum atomic E-state index is 15.5. The zero-order valence-corrected chi connectivity index (χ0v) is 26.0. The van der Waals surface area contributed by atoms with E-state index in [2.05, 4.69) is 19.9 Å². The van der Waals surface area contributed by atoms with Gasteiger partial charge in [-0.2, -0.15) is 0 Å². The molecule has 0 bridgehead atoms. The number of carbonyl (C=O) groups is 1. The Bertz CT molecular complexity index is 2020. The highest BCUT2D eigenvalue weighted by atomic mass is 32.1. The molecular weight excluding hydrogens is 633 g/mol. The first-order valence-corrected chi connectivity index (χ1v) is 16.3. The lowest BCUT2D eigenvalue weighted by atomic mass is 10.0. The number of pyridine rings is 1. The molecule has 0 saturated carbocycles. The van der Waals surface area contributed by atoms with Crippen LogP contribution in [-0.4, -0.2) is 48.3 Å². The zero-order chi connectivity index (χ0) is 31.6. The van der Waals surface area contributed by atoms with Crippen molar-refractivity contribution in [3.8, 4) is 17.1 Å². The van der Waals surface area contributed by atoms with Crippen LogP contribution in [0, 0.1) is 11.6 Å². The number of nitrogens with zero attached hydrogens (tertiary/aromatic N) is 5. The molecule has 234 valence electrons. The Kier molecular flexibility index (Phi) is 8.52. The fourth-order valence-corrected chi connectivity index (χ4v) is 6.72. The van der Waals surface area contributed by atoms with Gasteiger partial charge in [-0.25, -0.2) is 28.5 Å². The quantitative estimate of drug-likeness (QED) is 0.154. The number of rotatable bonds is 12. The minimum Gasteiger partial charge on any atom is -0.478 e. The Labute approximate surface area is 270 Å². The molecule has 2 aromatic carbocycles. The van der Waals surface area contributed by atoms with Gasteiger partial charge in [-0.05, 0) is 61.2 Å². The largest absolute Gasteiger partial charge is 0.478 e. The molecule has 0 radical (unpaired) electrons. The minimum atomic E-state index is -1.06.